The van der Waals surface area contributed by atoms with Crippen molar-refractivity contribution in [3.8, 4) is 66.8 Å². The number of hydrogen-bond acceptors (Lipinski definition) is 6. The summed E-state index contributed by atoms with van der Waals surface area (Å²) in [6.45, 7) is 9.48. The van der Waals surface area contributed by atoms with Crippen LogP contribution in [0.4, 0.5) is 68.2 Å². The lowest BCUT2D eigenvalue weighted by molar-refractivity contribution is 0.660. The standard InChI is InChI=1S/2C70H50N2O/c1-69(2)60-35-14-11-34-58(60)68-63(69)38-21-40-65(68)72(64-39-17-12-30-54(64)47-22-5-3-6-23-47)52-29-20-28-51(45-52)71(53-42-43-67-59(46-53)57-33-13-18-41-66(57)73-67)50-27-19-26-49(44-50)70(48-24-7-4-8-25-48)61-36-15-9-31-55(61)56-32-10-16-37-62(56)70;1-69(2)62-33-13-9-30-58(62)60-32-19-36-65(68(60)69)72(51-40-38-48(39-41-51)47-20-5-3-6-21-47)54-27-18-26-53(45-54)71(55-42-43-67-61(46-55)59-31-12-16-37-66(59)73-67)52-25-17-24-50(44-52)70(49-22-7-4-8-23-49)63-34-14-10-28-56(63)57-29-11-15-35-64(57)70/h2*3-46H,1-2H3. The highest BCUT2D eigenvalue weighted by atomic mass is 16.3. The van der Waals surface area contributed by atoms with E-state index in [2.05, 4.69) is 569 Å². The van der Waals surface area contributed by atoms with Gasteiger partial charge in [0.05, 0.1) is 27.9 Å². The van der Waals surface area contributed by atoms with Gasteiger partial charge in [0.15, 0.2) is 0 Å². The van der Waals surface area contributed by atoms with Gasteiger partial charge in [0.2, 0.25) is 0 Å². The lowest BCUT2D eigenvalue weighted by atomic mass is 9.67. The maximum atomic E-state index is 6.46. The summed E-state index contributed by atoms with van der Waals surface area (Å²) in [7, 11) is 0. The Morgan fingerprint density at radius 1 is 0.164 bits per heavy atom. The first-order valence-corrected chi connectivity index (χ1v) is 50.7. The smallest absolute Gasteiger partial charge is 0.135 e. The number of para-hydroxylation sites is 3. The molecule has 0 radical (unpaired) electrons. The third-order valence-corrected chi connectivity index (χ3v) is 31.4. The number of anilines is 12. The van der Waals surface area contributed by atoms with Crippen LogP contribution in [-0.4, -0.2) is 0 Å². The van der Waals surface area contributed by atoms with Crippen molar-refractivity contribution in [2.75, 3.05) is 19.6 Å². The van der Waals surface area contributed by atoms with Crippen LogP contribution in [0.5, 0.6) is 0 Å². The second kappa shape index (κ2) is 34.8. The molecule has 4 aliphatic rings. The number of furan rings is 2. The fraction of sp³-hybridized carbons (Fsp3) is 0.0571. The minimum absolute atomic E-state index is 0.177. The fourth-order valence-electron chi connectivity index (χ4n) is 25.0. The SMILES string of the molecule is CC1(C)c2ccccc2-c2c(N(c3cccc(N(c4cccc(C5(c6ccccc6)c6ccccc6-c6ccccc65)c4)c4ccc5oc6ccccc6c5c4)c3)c3ccccc3-c3ccccc3)cccc21.CC1(C)c2ccccc2-c2cccc(N(c3ccc(-c4ccccc4)cc3)c3cccc(N(c4cccc(C5(c6ccccc6)c6ccccc6-c6ccccc65)c4)c4ccc5oc6ccccc6c5c4)c3)c21. The molecule has 0 spiro atoms. The first-order chi connectivity index (χ1) is 71.9. The van der Waals surface area contributed by atoms with E-state index in [0.29, 0.717) is 0 Å². The lowest BCUT2D eigenvalue weighted by Gasteiger charge is -2.35. The molecule has 0 aliphatic heterocycles. The zero-order chi connectivity index (χ0) is 97.4. The number of benzene rings is 22. The Morgan fingerprint density at radius 3 is 0.966 bits per heavy atom. The van der Waals surface area contributed by atoms with Gasteiger partial charge >= 0.3 is 0 Å². The highest BCUT2D eigenvalue weighted by Gasteiger charge is 2.49. The highest BCUT2D eigenvalue weighted by Crippen LogP contribution is 2.63. The minimum atomic E-state index is -0.571. The quantitative estimate of drug-likeness (QED) is 0.0853. The van der Waals surface area contributed by atoms with E-state index < -0.39 is 10.8 Å². The topological polar surface area (TPSA) is 39.2 Å². The fourth-order valence-corrected chi connectivity index (χ4v) is 25.0. The molecule has 692 valence electrons. The summed E-state index contributed by atoms with van der Waals surface area (Å²) >= 11 is 0. The van der Waals surface area contributed by atoms with Crippen LogP contribution in [0.15, 0.2) is 543 Å². The molecule has 0 saturated carbocycles. The van der Waals surface area contributed by atoms with Crippen LogP contribution in [0.25, 0.3) is 111 Å². The number of hydrogen-bond donors (Lipinski definition) is 0. The predicted octanol–water partition coefficient (Wildman–Crippen LogP) is 37.7. The van der Waals surface area contributed by atoms with Crippen LogP contribution in [0, 0.1) is 0 Å². The average Bonchev–Trinajstić information content (AvgIpc) is 1.53. The van der Waals surface area contributed by atoms with Gasteiger partial charge in [-0.25, -0.2) is 0 Å². The monoisotopic (exact) mass is 1870 g/mol. The summed E-state index contributed by atoms with van der Waals surface area (Å²) in [6, 6.07) is 196. The van der Waals surface area contributed by atoms with Crippen LogP contribution in [0.1, 0.15) is 94.5 Å². The van der Waals surface area contributed by atoms with Crippen molar-refractivity contribution in [2.24, 2.45) is 0 Å². The molecular weight excluding hydrogens is 1770 g/mol. The van der Waals surface area contributed by atoms with E-state index in [1.54, 1.807) is 0 Å². The molecule has 24 aromatic rings. The van der Waals surface area contributed by atoms with Crippen molar-refractivity contribution in [2.45, 2.75) is 49.4 Å². The summed E-state index contributed by atoms with van der Waals surface area (Å²) in [5.74, 6) is 0. The van der Waals surface area contributed by atoms with Crippen LogP contribution in [0.2, 0.25) is 0 Å². The molecule has 0 unspecified atom stereocenters. The maximum absolute atomic E-state index is 6.46. The lowest BCUT2D eigenvalue weighted by Crippen LogP contribution is -2.28. The van der Waals surface area contributed by atoms with Crippen LogP contribution < -0.4 is 19.6 Å². The van der Waals surface area contributed by atoms with E-state index in [0.717, 1.165) is 123 Å². The molecular formula is C140H100N4O2. The summed E-state index contributed by atoms with van der Waals surface area (Å²) in [4.78, 5) is 9.85. The first kappa shape index (κ1) is 86.7. The van der Waals surface area contributed by atoms with Gasteiger partial charge in [-0.1, -0.05) is 422 Å². The normalized spacial score (nSPS) is 13.6. The van der Waals surface area contributed by atoms with Gasteiger partial charge in [0, 0.05) is 94.7 Å². The Bertz CT molecular complexity index is 9140. The Hall–Kier alpha value is -18.4. The molecule has 0 saturated heterocycles. The number of rotatable bonds is 18. The molecule has 0 fully saturated rings. The molecule has 0 atom stereocenters. The van der Waals surface area contributed by atoms with E-state index >= 15 is 0 Å². The molecule has 0 N–H and O–H groups in total. The highest BCUT2D eigenvalue weighted by molar-refractivity contribution is 6.09. The average molecular weight is 1870 g/mol. The van der Waals surface area contributed by atoms with E-state index in [1.165, 1.54) is 122 Å². The van der Waals surface area contributed by atoms with E-state index in [-0.39, 0.29) is 10.8 Å². The first-order valence-electron chi connectivity index (χ1n) is 50.7. The van der Waals surface area contributed by atoms with Crippen LogP contribution in [0.3, 0.4) is 0 Å². The second-order valence-electron chi connectivity index (χ2n) is 40.0. The molecule has 6 nitrogen and oxygen atoms in total. The number of nitrogens with zero attached hydrogens (tertiary/aromatic N) is 4. The van der Waals surface area contributed by atoms with Gasteiger partial charge in [0.25, 0.3) is 0 Å². The van der Waals surface area contributed by atoms with Gasteiger partial charge in [-0.2, -0.15) is 0 Å². The molecule has 22 aromatic carbocycles. The zero-order valence-corrected chi connectivity index (χ0v) is 81.4. The number of fused-ring (bicyclic) bond motifs is 18. The predicted molar refractivity (Wildman–Crippen MR) is 607 cm³/mol. The van der Waals surface area contributed by atoms with Crippen molar-refractivity contribution in [3.63, 3.8) is 0 Å². The maximum Gasteiger partial charge on any atom is 0.135 e. The third kappa shape index (κ3) is 13.8. The molecule has 0 amide bonds. The van der Waals surface area contributed by atoms with E-state index in [1.807, 2.05) is 12.1 Å². The van der Waals surface area contributed by atoms with Gasteiger partial charge in [0.1, 0.15) is 22.3 Å². The third-order valence-electron chi connectivity index (χ3n) is 31.4. The summed E-state index contributed by atoms with van der Waals surface area (Å²) in [6.07, 6.45) is 0. The minimum Gasteiger partial charge on any atom is -0.456 e. The molecule has 6 heteroatoms. The zero-order valence-electron chi connectivity index (χ0n) is 81.4. The van der Waals surface area contributed by atoms with E-state index in [9.17, 15) is 0 Å². The largest absolute Gasteiger partial charge is 0.456 e. The van der Waals surface area contributed by atoms with Crippen LogP contribution in [-0.2, 0) is 21.7 Å². The van der Waals surface area contributed by atoms with Crippen LogP contribution >= 0.6 is 0 Å². The molecule has 2 heterocycles. The van der Waals surface area contributed by atoms with Crippen molar-refractivity contribution < 1.29 is 8.83 Å². The van der Waals surface area contributed by atoms with Gasteiger partial charge in [-0.15, -0.1) is 0 Å². The van der Waals surface area contributed by atoms with Gasteiger partial charge in [-0.05, 0) is 262 Å². The Kier molecular flexibility index (Phi) is 20.7. The molecule has 146 heavy (non-hydrogen) atoms. The van der Waals surface area contributed by atoms with Crippen molar-refractivity contribution in [1.82, 2.24) is 0 Å². The molecule has 28 rings (SSSR count). The summed E-state index contributed by atoms with van der Waals surface area (Å²) in [5.41, 5.74) is 44.9. The summed E-state index contributed by atoms with van der Waals surface area (Å²) in [5, 5.41) is 4.33. The molecule has 2 aromatic heterocycles. The Balaban J connectivity index is 0.000000145. The Morgan fingerprint density at radius 2 is 0.473 bits per heavy atom. The van der Waals surface area contributed by atoms with Crippen molar-refractivity contribution in [3.05, 3.63) is 601 Å². The van der Waals surface area contributed by atoms with Gasteiger partial charge < -0.3 is 28.4 Å². The van der Waals surface area contributed by atoms with Crippen molar-refractivity contribution in [1.29, 1.82) is 0 Å². The van der Waals surface area contributed by atoms with Crippen molar-refractivity contribution >= 4 is 112 Å². The second-order valence-corrected chi connectivity index (χ2v) is 40.0. The van der Waals surface area contributed by atoms with E-state index in [4.69, 9.17) is 8.83 Å². The Labute approximate surface area is 851 Å². The molecule has 0 bridgehead atoms. The molecule has 4 aliphatic carbocycles. The summed E-state index contributed by atoms with van der Waals surface area (Å²) < 4.78 is 12.9. The van der Waals surface area contributed by atoms with Gasteiger partial charge in [-0.3, -0.25) is 0 Å².